The molecule has 1 aromatic carbocycles. The highest BCUT2D eigenvalue weighted by molar-refractivity contribution is 5.20. The zero-order valence-electron chi connectivity index (χ0n) is 8.69. The molecule has 1 aromatic rings. The lowest BCUT2D eigenvalue weighted by Gasteiger charge is -2.27. The summed E-state index contributed by atoms with van der Waals surface area (Å²) in [6.45, 7) is 1.42. The van der Waals surface area contributed by atoms with Gasteiger partial charge in [0.15, 0.2) is 5.79 Å². The normalized spacial score (nSPS) is 19.3. The van der Waals surface area contributed by atoms with Gasteiger partial charge in [0.05, 0.1) is 13.2 Å². The van der Waals surface area contributed by atoms with Gasteiger partial charge >= 0.3 is 0 Å². The van der Waals surface area contributed by atoms with E-state index in [1.165, 1.54) is 0 Å². The standard InChI is InChI=1S/C12H16O3/c13-8-4-7-12(14-9-10-15-12)11-5-2-1-3-6-11/h1-3,5-6,13H,4,7-10H2. The highest BCUT2D eigenvalue weighted by Crippen LogP contribution is 2.35. The number of aliphatic hydroxyl groups excluding tert-OH is 1. The minimum absolute atomic E-state index is 0.168. The molecule has 0 bridgehead atoms. The Bertz CT molecular complexity index is 291. The number of aliphatic hydroxyl groups is 1. The fraction of sp³-hybridized carbons (Fsp3) is 0.500. The molecule has 3 heteroatoms. The molecule has 3 nitrogen and oxygen atoms in total. The van der Waals surface area contributed by atoms with Gasteiger partial charge < -0.3 is 14.6 Å². The predicted molar refractivity (Wildman–Crippen MR) is 56.3 cm³/mol. The van der Waals surface area contributed by atoms with Crippen LogP contribution in [0.25, 0.3) is 0 Å². The van der Waals surface area contributed by atoms with Crippen LogP contribution >= 0.6 is 0 Å². The van der Waals surface area contributed by atoms with E-state index >= 15 is 0 Å². The van der Waals surface area contributed by atoms with E-state index in [1.54, 1.807) is 0 Å². The number of ether oxygens (including phenoxy) is 2. The molecule has 0 aliphatic carbocycles. The van der Waals surface area contributed by atoms with Crippen LogP contribution in [0.1, 0.15) is 18.4 Å². The van der Waals surface area contributed by atoms with E-state index in [4.69, 9.17) is 14.6 Å². The summed E-state index contributed by atoms with van der Waals surface area (Å²) in [5.41, 5.74) is 1.04. The zero-order chi connectivity index (χ0) is 10.6. The Labute approximate surface area is 89.6 Å². The molecule has 1 fully saturated rings. The lowest BCUT2D eigenvalue weighted by atomic mass is 10.0. The van der Waals surface area contributed by atoms with Crippen molar-refractivity contribution in [2.45, 2.75) is 18.6 Å². The molecule has 1 heterocycles. The molecule has 1 N–H and O–H groups in total. The maximum absolute atomic E-state index is 8.88. The molecule has 1 aliphatic rings. The number of benzene rings is 1. The number of rotatable bonds is 4. The molecule has 1 aliphatic heterocycles. The van der Waals surface area contributed by atoms with Crippen LogP contribution in [-0.2, 0) is 15.3 Å². The molecule has 15 heavy (non-hydrogen) atoms. The van der Waals surface area contributed by atoms with Crippen LogP contribution in [0.4, 0.5) is 0 Å². The minimum atomic E-state index is -0.621. The van der Waals surface area contributed by atoms with E-state index in [1.807, 2.05) is 30.3 Å². The van der Waals surface area contributed by atoms with E-state index in [0.717, 1.165) is 5.56 Å². The van der Waals surface area contributed by atoms with Crippen LogP contribution in [0.3, 0.4) is 0 Å². The lowest BCUT2D eigenvalue weighted by Crippen LogP contribution is -2.27. The van der Waals surface area contributed by atoms with E-state index in [9.17, 15) is 0 Å². The van der Waals surface area contributed by atoms with Crippen LogP contribution in [0.2, 0.25) is 0 Å². The largest absolute Gasteiger partial charge is 0.396 e. The highest BCUT2D eigenvalue weighted by atomic mass is 16.7. The smallest absolute Gasteiger partial charge is 0.195 e. The summed E-state index contributed by atoms with van der Waals surface area (Å²) in [5.74, 6) is -0.621. The number of hydrogen-bond acceptors (Lipinski definition) is 3. The molecule has 0 spiro atoms. The van der Waals surface area contributed by atoms with Gasteiger partial charge in [0.1, 0.15) is 0 Å². The van der Waals surface area contributed by atoms with Crippen molar-refractivity contribution in [1.29, 1.82) is 0 Å². The molecular formula is C12H16O3. The van der Waals surface area contributed by atoms with Gasteiger partial charge in [-0.1, -0.05) is 30.3 Å². The molecule has 82 valence electrons. The summed E-state index contributed by atoms with van der Waals surface area (Å²) < 4.78 is 11.4. The summed E-state index contributed by atoms with van der Waals surface area (Å²) in [6.07, 6.45) is 1.39. The summed E-state index contributed by atoms with van der Waals surface area (Å²) in [7, 11) is 0. The van der Waals surface area contributed by atoms with Crippen LogP contribution in [0, 0.1) is 0 Å². The summed E-state index contributed by atoms with van der Waals surface area (Å²) in [4.78, 5) is 0. The SMILES string of the molecule is OCCCC1(c2ccccc2)OCCO1. The molecule has 0 amide bonds. The fourth-order valence-electron chi connectivity index (χ4n) is 1.91. The fourth-order valence-corrected chi connectivity index (χ4v) is 1.91. The van der Waals surface area contributed by atoms with Crippen LogP contribution in [-0.4, -0.2) is 24.9 Å². The van der Waals surface area contributed by atoms with Crippen LogP contribution < -0.4 is 0 Å². The van der Waals surface area contributed by atoms with Crippen molar-refractivity contribution in [3.05, 3.63) is 35.9 Å². The van der Waals surface area contributed by atoms with Gasteiger partial charge in [-0.25, -0.2) is 0 Å². The van der Waals surface area contributed by atoms with Gasteiger partial charge in [0.25, 0.3) is 0 Å². The van der Waals surface area contributed by atoms with Crippen molar-refractivity contribution in [2.75, 3.05) is 19.8 Å². The third-order valence-electron chi connectivity index (χ3n) is 2.63. The molecule has 0 atom stereocenters. The van der Waals surface area contributed by atoms with Gasteiger partial charge in [0, 0.05) is 18.6 Å². The van der Waals surface area contributed by atoms with Crippen molar-refractivity contribution in [3.8, 4) is 0 Å². The first-order chi connectivity index (χ1) is 7.37. The van der Waals surface area contributed by atoms with E-state index in [-0.39, 0.29) is 6.61 Å². The van der Waals surface area contributed by atoms with Gasteiger partial charge in [-0.15, -0.1) is 0 Å². The van der Waals surface area contributed by atoms with Gasteiger partial charge in [-0.05, 0) is 6.42 Å². The zero-order valence-corrected chi connectivity index (χ0v) is 8.69. The first kappa shape index (κ1) is 10.6. The van der Waals surface area contributed by atoms with E-state index < -0.39 is 5.79 Å². The van der Waals surface area contributed by atoms with Crippen molar-refractivity contribution >= 4 is 0 Å². The quantitative estimate of drug-likeness (QED) is 0.817. The third kappa shape index (κ3) is 2.20. The first-order valence-corrected chi connectivity index (χ1v) is 5.32. The van der Waals surface area contributed by atoms with Crippen molar-refractivity contribution < 1.29 is 14.6 Å². The average Bonchev–Trinajstić information content (AvgIpc) is 2.78. The Kier molecular flexibility index (Phi) is 3.36. The van der Waals surface area contributed by atoms with Crippen LogP contribution in [0.5, 0.6) is 0 Å². The van der Waals surface area contributed by atoms with Gasteiger partial charge in [-0.2, -0.15) is 0 Å². The van der Waals surface area contributed by atoms with Crippen molar-refractivity contribution in [3.63, 3.8) is 0 Å². The Balaban J connectivity index is 2.19. The second-order valence-corrected chi connectivity index (χ2v) is 3.64. The van der Waals surface area contributed by atoms with Gasteiger partial charge in [-0.3, -0.25) is 0 Å². The maximum Gasteiger partial charge on any atom is 0.195 e. The summed E-state index contributed by atoms with van der Waals surface area (Å²) in [6, 6.07) is 9.92. The molecule has 1 saturated heterocycles. The average molecular weight is 208 g/mol. The Hall–Kier alpha value is -0.900. The highest BCUT2D eigenvalue weighted by Gasteiger charge is 2.37. The molecule has 0 unspecified atom stereocenters. The van der Waals surface area contributed by atoms with Crippen LogP contribution in [0.15, 0.2) is 30.3 Å². The Morgan fingerprint density at radius 3 is 2.40 bits per heavy atom. The lowest BCUT2D eigenvalue weighted by molar-refractivity contribution is -0.172. The molecule has 0 aromatic heterocycles. The third-order valence-corrected chi connectivity index (χ3v) is 2.63. The monoisotopic (exact) mass is 208 g/mol. The first-order valence-electron chi connectivity index (χ1n) is 5.32. The minimum Gasteiger partial charge on any atom is -0.396 e. The van der Waals surface area contributed by atoms with Crippen molar-refractivity contribution in [2.24, 2.45) is 0 Å². The number of hydrogen-bond donors (Lipinski definition) is 1. The summed E-state index contributed by atoms with van der Waals surface area (Å²) >= 11 is 0. The Morgan fingerprint density at radius 2 is 1.80 bits per heavy atom. The summed E-state index contributed by atoms with van der Waals surface area (Å²) in [5, 5.41) is 8.88. The topological polar surface area (TPSA) is 38.7 Å². The van der Waals surface area contributed by atoms with Crippen molar-refractivity contribution in [1.82, 2.24) is 0 Å². The molecule has 0 saturated carbocycles. The molecule has 2 rings (SSSR count). The molecular weight excluding hydrogens is 192 g/mol. The van der Waals surface area contributed by atoms with Gasteiger partial charge in [0.2, 0.25) is 0 Å². The predicted octanol–water partition coefficient (Wildman–Crippen LogP) is 1.66. The Morgan fingerprint density at radius 1 is 1.13 bits per heavy atom. The van der Waals surface area contributed by atoms with E-state index in [0.29, 0.717) is 26.1 Å². The van der Waals surface area contributed by atoms with E-state index in [2.05, 4.69) is 0 Å². The second kappa shape index (κ2) is 4.75. The second-order valence-electron chi connectivity index (χ2n) is 3.64. The molecule has 0 radical (unpaired) electrons. The maximum atomic E-state index is 8.88.